The zero-order chi connectivity index (χ0) is 20.2. The number of ether oxygens (including phenoxy) is 1. The van der Waals surface area contributed by atoms with Gasteiger partial charge in [-0.25, -0.2) is 14.4 Å². The Morgan fingerprint density at radius 1 is 1.07 bits per heavy atom. The van der Waals surface area contributed by atoms with Gasteiger partial charge in [0, 0.05) is 69.0 Å². The molecule has 7 heteroatoms. The first-order valence-corrected chi connectivity index (χ1v) is 9.63. The van der Waals surface area contributed by atoms with Gasteiger partial charge >= 0.3 is 0 Å². The Balaban J connectivity index is 1.42. The molecule has 1 fully saturated rings. The molecule has 3 aromatic rings. The van der Waals surface area contributed by atoms with E-state index >= 15 is 0 Å². The lowest BCUT2D eigenvalue weighted by Crippen LogP contribution is -2.38. The summed E-state index contributed by atoms with van der Waals surface area (Å²) in [5.74, 6) is 0.456. The maximum absolute atomic E-state index is 14.0. The van der Waals surface area contributed by atoms with Gasteiger partial charge in [0.15, 0.2) is 0 Å². The number of morpholine rings is 1. The molecule has 0 spiro atoms. The molecule has 1 unspecified atom stereocenters. The molecule has 0 N–H and O–H groups in total. The van der Waals surface area contributed by atoms with Crippen LogP contribution in [-0.2, 0) is 11.3 Å². The monoisotopic (exact) mass is 393 g/mol. The third-order valence-electron chi connectivity index (χ3n) is 4.95. The second-order valence-electron chi connectivity index (χ2n) is 7.33. The van der Waals surface area contributed by atoms with E-state index in [9.17, 15) is 4.39 Å². The van der Waals surface area contributed by atoms with Gasteiger partial charge in [-0.3, -0.25) is 9.88 Å². The van der Waals surface area contributed by atoms with E-state index in [-0.39, 0.29) is 11.9 Å². The molecule has 1 atom stereocenters. The Bertz CT molecular complexity index is 946. The SMILES string of the molecule is CN(C)c1ncc(CN2CCOC(c3ccc(-c4ccccc4F)cn3)C2)cn1. The third-order valence-corrected chi connectivity index (χ3v) is 4.95. The number of pyridine rings is 1. The lowest BCUT2D eigenvalue weighted by Gasteiger charge is -2.32. The van der Waals surface area contributed by atoms with E-state index in [1.807, 2.05) is 49.6 Å². The molecule has 0 radical (unpaired) electrons. The lowest BCUT2D eigenvalue weighted by atomic mass is 10.1. The van der Waals surface area contributed by atoms with E-state index in [4.69, 9.17) is 4.74 Å². The molecule has 4 rings (SSSR count). The number of halogens is 1. The second-order valence-corrected chi connectivity index (χ2v) is 7.33. The Morgan fingerprint density at radius 3 is 2.55 bits per heavy atom. The van der Waals surface area contributed by atoms with Crippen LogP contribution in [0.15, 0.2) is 55.0 Å². The Kier molecular flexibility index (Phi) is 5.78. The first-order valence-electron chi connectivity index (χ1n) is 9.63. The van der Waals surface area contributed by atoms with Gasteiger partial charge < -0.3 is 9.64 Å². The average Bonchev–Trinajstić information content (AvgIpc) is 2.75. The largest absolute Gasteiger partial charge is 0.369 e. The summed E-state index contributed by atoms with van der Waals surface area (Å²) in [5.41, 5.74) is 3.24. The molecular weight excluding hydrogens is 369 g/mol. The van der Waals surface area contributed by atoms with E-state index < -0.39 is 0 Å². The summed E-state index contributed by atoms with van der Waals surface area (Å²) in [7, 11) is 3.85. The van der Waals surface area contributed by atoms with Gasteiger partial charge in [0.1, 0.15) is 11.9 Å². The molecular formula is C22H24FN5O. The highest BCUT2D eigenvalue weighted by molar-refractivity contribution is 5.63. The predicted molar refractivity (Wildman–Crippen MR) is 110 cm³/mol. The quantitative estimate of drug-likeness (QED) is 0.663. The molecule has 1 aliphatic heterocycles. The molecule has 1 aromatic carbocycles. The Labute approximate surface area is 170 Å². The van der Waals surface area contributed by atoms with Gasteiger partial charge in [-0.15, -0.1) is 0 Å². The third kappa shape index (κ3) is 4.58. The van der Waals surface area contributed by atoms with Crippen LogP contribution in [0.25, 0.3) is 11.1 Å². The van der Waals surface area contributed by atoms with Crippen LogP contribution in [0.3, 0.4) is 0 Å². The zero-order valence-electron chi connectivity index (χ0n) is 16.6. The topological polar surface area (TPSA) is 54.4 Å². The van der Waals surface area contributed by atoms with Crippen molar-refractivity contribution in [1.82, 2.24) is 19.9 Å². The number of rotatable bonds is 5. The highest BCUT2D eigenvalue weighted by atomic mass is 19.1. The first kappa shape index (κ1) is 19.4. The van der Waals surface area contributed by atoms with Crippen molar-refractivity contribution >= 4 is 5.95 Å². The maximum atomic E-state index is 14.0. The summed E-state index contributed by atoms with van der Waals surface area (Å²) in [6.45, 7) is 2.99. The minimum absolute atomic E-state index is 0.111. The van der Waals surface area contributed by atoms with Crippen molar-refractivity contribution in [2.75, 3.05) is 38.7 Å². The van der Waals surface area contributed by atoms with Crippen LogP contribution in [0.2, 0.25) is 0 Å². The average molecular weight is 393 g/mol. The van der Waals surface area contributed by atoms with Gasteiger partial charge in [0.05, 0.1) is 12.3 Å². The molecule has 2 aromatic heterocycles. The number of aromatic nitrogens is 3. The van der Waals surface area contributed by atoms with E-state index in [2.05, 4.69) is 19.9 Å². The van der Waals surface area contributed by atoms with E-state index in [0.29, 0.717) is 18.1 Å². The minimum atomic E-state index is -0.246. The number of hydrogen-bond donors (Lipinski definition) is 0. The number of hydrogen-bond acceptors (Lipinski definition) is 6. The van der Waals surface area contributed by atoms with Crippen molar-refractivity contribution in [2.45, 2.75) is 12.6 Å². The van der Waals surface area contributed by atoms with Gasteiger partial charge in [-0.1, -0.05) is 24.3 Å². The van der Waals surface area contributed by atoms with Crippen LogP contribution in [-0.4, -0.2) is 53.6 Å². The highest BCUT2D eigenvalue weighted by Gasteiger charge is 2.23. The molecule has 150 valence electrons. The van der Waals surface area contributed by atoms with Crippen LogP contribution < -0.4 is 4.90 Å². The fraction of sp³-hybridized carbons (Fsp3) is 0.318. The van der Waals surface area contributed by atoms with E-state index in [1.54, 1.807) is 18.3 Å². The van der Waals surface area contributed by atoms with Gasteiger partial charge in [0.2, 0.25) is 5.95 Å². The summed E-state index contributed by atoms with van der Waals surface area (Å²) in [5, 5.41) is 0. The minimum Gasteiger partial charge on any atom is -0.369 e. The van der Waals surface area contributed by atoms with Crippen molar-refractivity contribution in [3.8, 4) is 11.1 Å². The maximum Gasteiger partial charge on any atom is 0.224 e. The molecule has 1 saturated heterocycles. The molecule has 0 amide bonds. The van der Waals surface area contributed by atoms with E-state index in [1.165, 1.54) is 6.07 Å². The summed E-state index contributed by atoms with van der Waals surface area (Å²) in [4.78, 5) is 17.5. The van der Waals surface area contributed by atoms with Crippen LogP contribution in [0.5, 0.6) is 0 Å². The second kappa shape index (κ2) is 8.63. The normalized spacial score (nSPS) is 17.3. The van der Waals surface area contributed by atoms with Crippen LogP contribution in [0.1, 0.15) is 17.4 Å². The summed E-state index contributed by atoms with van der Waals surface area (Å²) < 4.78 is 19.9. The van der Waals surface area contributed by atoms with Crippen molar-refractivity contribution in [1.29, 1.82) is 0 Å². The molecule has 29 heavy (non-hydrogen) atoms. The highest BCUT2D eigenvalue weighted by Crippen LogP contribution is 2.26. The number of benzene rings is 1. The number of nitrogens with zero attached hydrogens (tertiary/aromatic N) is 5. The van der Waals surface area contributed by atoms with Crippen molar-refractivity contribution < 1.29 is 9.13 Å². The van der Waals surface area contributed by atoms with Gasteiger partial charge in [-0.05, 0) is 12.1 Å². The van der Waals surface area contributed by atoms with Crippen molar-refractivity contribution in [2.24, 2.45) is 0 Å². The van der Waals surface area contributed by atoms with Crippen LogP contribution >= 0.6 is 0 Å². The summed E-state index contributed by atoms with van der Waals surface area (Å²) in [6.07, 6.45) is 5.34. The first-order chi connectivity index (χ1) is 14.1. The lowest BCUT2D eigenvalue weighted by molar-refractivity contribution is -0.0350. The van der Waals surface area contributed by atoms with Crippen molar-refractivity contribution in [3.05, 3.63) is 72.1 Å². The molecule has 3 heterocycles. The standard InChI is InChI=1S/C22H24FN5O/c1-27(2)22-25-11-16(12-26-22)14-28-9-10-29-21(15-28)20-8-7-17(13-24-20)18-5-3-4-6-19(18)23/h3-8,11-13,21H,9-10,14-15H2,1-2H3. The molecule has 1 aliphatic rings. The van der Waals surface area contributed by atoms with Gasteiger partial charge in [-0.2, -0.15) is 0 Å². The molecule has 0 bridgehead atoms. The van der Waals surface area contributed by atoms with Crippen LogP contribution in [0, 0.1) is 5.82 Å². The van der Waals surface area contributed by atoms with Crippen molar-refractivity contribution in [3.63, 3.8) is 0 Å². The molecule has 6 nitrogen and oxygen atoms in total. The molecule has 0 aliphatic carbocycles. The predicted octanol–water partition coefficient (Wildman–Crippen LogP) is 3.32. The summed E-state index contributed by atoms with van der Waals surface area (Å²) >= 11 is 0. The van der Waals surface area contributed by atoms with Crippen LogP contribution in [0.4, 0.5) is 10.3 Å². The fourth-order valence-electron chi connectivity index (χ4n) is 3.39. The summed E-state index contributed by atoms with van der Waals surface area (Å²) in [6, 6.07) is 10.5. The van der Waals surface area contributed by atoms with E-state index in [0.717, 1.165) is 36.5 Å². The zero-order valence-corrected chi connectivity index (χ0v) is 16.6. The Hall–Kier alpha value is -2.90. The van der Waals surface area contributed by atoms with Gasteiger partial charge in [0.25, 0.3) is 0 Å². The Morgan fingerprint density at radius 2 is 1.86 bits per heavy atom. The number of anilines is 1. The smallest absolute Gasteiger partial charge is 0.224 e. The fourth-order valence-corrected chi connectivity index (χ4v) is 3.39. The molecule has 0 saturated carbocycles.